The van der Waals surface area contributed by atoms with E-state index >= 15 is 0 Å². The van der Waals surface area contributed by atoms with E-state index in [4.69, 9.17) is 0 Å². The second-order valence-electron chi connectivity index (χ2n) is 1.60. The first-order chi connectivity index (χ1) is 4.75. The lowest BCUT2D eigenvalue weighted by molar-refractivity contribution is 0.0595. The average Bonchev–Trinajstić information content (AvgIpc) is 2.34. The molecule has 1 radical (unpaired) electrons. The maximum Gasteiger partial charge on any atom is 0.345 e. The minimum absolute atomic E-state index is 0.0671. The molecule has 0 fully saturated rings. The van der Waals surface area contributed by atoms with Gasteiger partial charge in [-0.05, 0) is 0 Å². The molecular weight excluding hydrogens is 136 g/mol. The van der Waals surface area contributed by atoms with Crippen molar-refractivity contribution in [2.45, 2.75) is 0 Å². The molecular formula is C5H5N2O3. The van der Waals surface area contributed by atoms with E-state index in [0.717, 1.165) is 0 Å². The Bertz CT molecular complexity index is 243. The number of nitrogens with zero attached hydrogens (tertiary/aromatic N) is 1. The molecule has 1 aromatic rings. The molecule has 0 aliphatic heterocycles. The Labute approximate surface area is 56.6 Å². The second kappa shape index (κ2) is 2.38. The molecule has 0 unspecified atom stereocenters. The number of esters is 1. The lowest BCUT2D eigenvalue weighted by Gasteiger charge is -1.90. The lowest BCUT2D eigenvalue weighted by Crippen LogP contribution is -1.98. The molecule has 1 heterocycles. The fourth-order valence-electron chi connectivity index (χ4n) is 0.534. The summed E-state index contributed by atoms with van der Waals surface area (Å²) in [7, 11) is 1.20. The van der Waals surface area contributed by atoms with E-state index in [-0.39, 0.29) is 5.56 Å². The van der Waals surface area contributed by atoms with Gasteiger partial charge in [-0.1, -0.05) is 0 Å². The van der Waals surface area contributed by atoms with Gasteiger partial charge in [-0.2, -0.15) is 0 Å². The Morgan fingerprint density at radius 3 is 2.90 bits per heavy atom. The number of carbonyl (C=O) groups excluding carboxylic acids is 1. The molecule has 0 amide bonds. The van der Waals surface area contributed by atoms with E-state index in [1.165, 1.54) is 13.3 Å². The number of ether oxygens (including phenoxy) is 1. The first-order valence-corrected chi connectivity index (χ1v) is 2.55. The number of H-pyrrole nitrogens is 1. The number of methoxy groups -OCH3 is 1. The van der Waals surface area contributed by atoms with Crippen LogP contribution in [-0.4, -0.2) is 23.3 Å². The molecule has 5 heteroatoms. The Hall–Kier alpha value is -1.52. The molecule has 0 saturated carbocycles. The predicted octanol–water partition coefficient (Wildman–Crippen LogP) is 0.340. The third-order valence-electron chi connectivity index (χ3n) is 1.01. The fraction of sp³-hybridized carbons (Fsp3) is 0.200. The molecule has 5 nitrogen and oxygen atoms in total. The van der Waals surface area contributed by atoms with Crippen molar-refractivity contribution in [3.8, 4) is 5.88 Å². The predicted molar refractivity (Wildman–Crippen MR) is 30.1 cm³/mol. The van der Waals surface area contributed by atoms with Crippen molar-refractivity contribution in [3.63, 3.8) is 0 Å². The van der Waals surface area contributed by atoms with Gasteiger partial charge < -0.3 is 4.74 Å². The molecule has 0 spiro atoms. The van der Waals surface area contributed by atoms with Crippen LogP contribution in [0.25, 0.3) is 0 Å². The molecule has 53 valence electrons. The molecule has 0 aliphatic carbocycles. The van der Waals surface area contributed by atoms with Gasteiger partial charge in [0.1, 0.15) is 5.56 Å². The smallest absolute Gasteiger partial charge is 0.345 e. The van der Waals surface area contributed by atoms with Gasteiger partial charge in [0.05, 0.1) is 7.11 Å². The van der Waals surface area contributed by atoms with Crippen molar-refractivity contribution in [2.75, 3.05) is 7.11 Å². The molecule has 0 aromatic carbocycles. The minimum Gasteiger partial charge on any atom is -0.465 e. The molecule has 1 aromatic heterocycles. The van der Waals surface area contributed by atoms with Gasteiger partial charge in [-0.3, -0.25) is 10.2 Å². The second-order valence-corrected chi connectivity index (χ2v) is 1.60. The summed E-state index contributed by atoms with van der Waals surface area (Å²) < 4.78 is 4.28. The molecule has 1 N–H and O–H groups in total. The summed E-state index contributed by atoms with van der Waals surface area (Å²) in [6.45, 7) is 0. The van der Waals surface area contributed by atoms with Gasteiger partial charge in [0, 0.05) is 6.20 Å². The van der Waals surface area contributed by atoms with Crippen LogP contribution < -0.4 is 0 Å². The van der Waals surface area contributed by atoms with Crippen molar-refractivity contribution in [2.24, 2.45) is 0 Å². The van der Waals surface area contributed by atoms with Crippen LogP contribution in [0.1, 0.15) is 10.4 Å². The Kier molecular flexibility index (Phi) is 1.57. The van der Waals surface area contributed by atoms with Crippen LogP contribution in [0.2, 0.25) is 0 Å². The highest BCUT2D eigenvalue weighted by Crippen LogP contribution is 2.12. The van der Waals surface area contributed by atoms with Gasteiger partial charge >= 0.3 is 11.8 Å². The minimum atomic E-state index is -0.668. The molecule has 0 saturated heterocycles. The third-order valence-corrected chi connectivity index (χ3v) is 1.01. The number of aromatic nitrogens is 2. The van der Waals surface area contributed by atoms with Gasteiger partial charge in [0.2, 0.25) is 0 Å². The highest BCUT2D eigenvalue weighted by molar-refractivity contribution is 5.91. The first kappa shape index (κ1) is 6.60. The monoisotopic (exact) mass is 141 g/mol. The van der Waals surface area contributed by atoms with Crippen molar-refractivity contribution >= 4 is 5.97 Å². The van der Waals surface area contributed by atoms with Crippen molar-refractivity contribution in [1.29, 1.82) is 0 Å². The SMILES string of the molecule is COC(=O)c1c[nH]nc1[O]. The first-order valence-electron chi connectivity index (χ1n) is 2.55. The largest absolute Gasteiger partial charge is 0.465 e. The number of aromatic amines is 1. The average molecular weight is 141 g/mol. The maximum absolute atomic E-state index is 10.6. The van der Waals surface area contributed by atoms with E-state index < -0.39 is 11.8 Å². The molecule has 0 bridgehead atoms. The van der Waals surface area contributed by atoms with Gasteiger partial charge in [0.15, 0.2) is 0 Å². The van der Waals surface area contributed by atoms with E-state index in [2.05, 4.69) is 14.9 Å². The fourth-order valence-corrected chi connectivity index (χ4v) is 0.534. The lowest BCUT2D eigenvalue weighted by atomic mass is 10.3. The summed E-state index contributed by atoms with van der Waals surface area (Å²) in [5.74, 6) is -1.26. The highest BCUT2D eigenvalue weighted by atomic mass is 16.5. The van der Waals surface area contributed by atoms with E-state index in [1.807, 2.05) is 0 Å². The number of nitrogens with one attached hydrogen (secondary N) is 1. The van der Waals surface area contributed by atoms with E-state index in [0.29, 0.717) is 0 Å². The van der Waals surface area contributed by atoms with E-state index in [9.17, 15) is 9.90 Å². The van der Waals surface area contributed by atoms with Gasteiger partial charge in [-0.25, -0.2) is 4.79 Å². The Morgan fingerprint density at radius 2 is 2.50 bits per heavy atom. The van der Waals surface area contributed by atoms with Crippen LogP contribution in [-0.2, 0) is 9.84 Å². The normalized spacial score (nSPS) is 9.30. The summed E-state index contributed by atoms with van der Waals surface area (Å²) in [5.41, 5.74) is -0.0671. The van der Waals surface area contributed by atoms with Crippen LogP contribution in [0.5, 0.6) is 5.88 Å². The zero-order valence-corrected chi connectivity index (χ0v) is 5.25. The van der Waals surface area contributed by atoms with Crippen LogP contribution in [0.3, 0.4) is 0 Å². The number of rotatable bonds is 1. The summed E-state index contributed by atoms with van der Waals surface area (Å²) in [5, 5.41) is 16.0. The topological polar surface area (TPSA) is 74.9 Å². The Morgan fingerprint density at radius 1 is 1.80 bits per heavy atom. The van der Waals surface area contributed by atoms with Crippen molar-refractivity contribution in [1.82, 2.24) is 10.2 Å². The van der Waals surface area contributed by atoms with Crippen LogP contribution >= 0.6 is 0 Å². The van der Waals surface area contributed by atoms with Crippen LogP contribution in [0.4, 0.5) is 0 Å². The quantitative estimate of drug-likeness (QED) is 0.573. The summed E-state index contributed by atoms with van der Waals surface area (Å²) in [6.07, 6.45) is 1.20. The summed E-state index contributed by atoms with van der Waals surface area (Å²) in [6, 6.07) is 0. The van der Waals surface area contributed by atoms with Crippen molar-refractivity contribution < 1.29 is 14.6 Å². The van der Waals surface area contributed by atoms with Crippen molar-refractivity contribution in [3.05, 3.63) is 11.8 Å². The highest BCUT2D eigenvalue weighted by Gasteiger charge is 2.14. The molecule has 10 heavy (non-hydrogen) atoms. The zero-order chi connectivity index (χ0) is 7.56. The Balaban J connectivity index is 2.93. The molecule has 1 rings (SSSR count). The maximum atomic E-state index is 10.6. The van der Waals surface area contributed by atoms with Gasteiger partial charge in [-0.15, -0.1) is 5.10 Å². The molecule has 0 aliphatic rings. The number of hydrogen-bond donors (Lipinski definition) is 1. The third kappa shape index (κ3) is 0.928. The summed E-state index contributed by atoms with van der Waals surface area (Å²) >= 11 is 0. The van der Waals surface area contributed by atoms with Crippen LogP contribution in [0, 0.1) is 0 Å². The summed E-state index contributed by atoms with van der Waals surface area (Å²) in [4.78, 5) is 10.6. The van der Waals surface area contributed by atoms with E-state index in [1.54, 1.807) is 0 Å². The molecule has 0 atom stereocenters. The number of hydrogen-bond acceptors (Lipinski definition) is 3. The van der Waals surface area contributed by atoms with Gasteiger partial charge in [0.25, 0.3) is 0 Å². The number of carbonyl (C=O) groups is 1. The zero-order valence-electron chi connectivity index (χ0n) is 5.25. The standard InChI is InChI=1S/C5H5N2O3/c1-10-5(9)3-2-6-7-4(3)8/h2H,1H3,(H,6,7). The van der Waals surface area contributed by atoms with Crippen LogP contribution in [0.15, 0.2) is 6.20 Å².